The predicted molar refractivity (Wildman–Crippen MR) is 54.7 cm³/mol. The zero-order valence-electron chi connectivity index (χ0n) is 7.08. The van der Waals surface area contributed by atoms with Gasteiger partial charge in [0.15, 0.2) is 3.68 Å². The van der Waals surface area contributed by atoms with E-state index in [0.29, 0.717) is 0 Å². The molecule has 1 aliphatic carbocycles. The average molecular weight is 270 g/mol. The molecule has 1 aliphatic rings. The van der Waals surface area contributed by atoms with Crippen LogP contribution < -0.4 is 0 Å². The van der Waals surface area contributed by atoms with E-state index < -0.39 is 3.68 Å². The van der Waals surface area contributed by atoms with E-state index in [4.69, 9.17) is 0 Å². The number of hydrogen-bond donors (Lipinski definition) is 0. The molecule has 0 aromatic carbocycles. The number of alkyl halides is 2. The highest BCUT2D eigenvalue weighted by Gasteiger charge is 2.31. The third kappa shape index (κ3) is 3.26. The largest absolute Gasteiger partial charge is 0.232 e. The Bertz CT molecular complexity index is 113. The molecule has 0 atom stereocenters. The van der Waals surface area contributed by atoms with E-state index in [2.05, 4.69) is 6.92 Å². The quantitative estimate of drug-likeness (QED) is 0.524. The normalized spacial score (nSPS) is 39.0. The minimum Gasteiger partial charge on any atom is -0.232 e. The molecule has 0 N–H and O–H groups in total. The van der Waals surface area contributed by atoms with E-state index in [1.165, 1.54) is 12.8 Å². The van der Waals surface area contributed by atoms with Gasteiger partial charge in [-0.3, -0.25) is 0 Å². The van der Waals surface area contributed by atoms with Gasteiger partial charge in [0.25, 0.3) is 0 Å². The van der Waals surface area contributed by atoms with Gasteiger partial charge in [-0.25, -0.2) is 4.39 Å². The summed E-state index contributed by atoms with van der Waals surface area (Å²) in [5.41, 5.74) is 0. The third-order valence-corrected chi connectivity index (χ3v) is 3.61. The maximum atomic E-state index is 13.3. The van der Waals surface area contributed by atoms with Crippen molar-refractivity contribution in [2.45, 2.75) is 49.1 Å². The first-order valence-corrected chi connectivity index (χ1v) is 5.60. The SMILES string of the molecule is CCCC1CCC(F)(I)CC1. The predicted octanol–water partition coefficient (Wildman–Crippen LogP) is 4.08. The van der Waals surface area contributed by atoms with Crippen molar-refractivity contribution < 1.29 is 4.39 Å². The van der Waals surface area contributed by atoms with Crippen molar-refractivity contribution in [3.8, 4) is 0 Å². The van der Waals surface area contributed by atoms with Gasteiger partial charge in [-0.2, -0.15) is 0 Å². The lowest BCUT2D eigenvalue weighted by atomic mass is 9.85. The Morgan fingerprint density at radius 2 is 2.00 bits per heavy atom. The van der Waals surface area contributed by atoms with Gasteiger partial charge in [0.05, 0.1) is 0 Å². The van der Waals surface area contributed by atoms with Gasteiger partial charge in [-0.05, 0) is 54.2 Å². The Hall–Kier alpha value is 0.660. The smallest absolute Gasteiger partial charge is 0.161 e. The molecule has 0 aromatic heterocycles. The highest BCUT2D eigenvalue weighted by molar-refractivity contribution is 14.1. The summed E-state index contributed by atoms with van der Waals surface area (Å²) in [4.78, 5) is 0. The highest BCUT2D eigenvalue weighted by atomic mass is 127. The van der Waals surface area contributed by atoms with E-state index in [1.54, 1.807) is 0 Å². The van der Waals surface area contributed by atoms with E-state index in [9.17, 15) is 4.39 Å². The molecule has 0 bridgehead atoms. The first-order chi connectivity index (χ1) is 5.14. The molecule has 1 fully saturated rings. The molecule has 0 saturated heterocycles. The minimum absolute atomic E-state index is 0.776. The van der Waals surface area contributed by atoms with Gasteiger partial charge >= 0.3 is 0 Å². The Morgan fingerprint density at radius 1 is 1.45 bits per heavy atom. The van der Waals surface area contributed by atoms with Gasteiger partial charge in [-0.15, -0.1) is 0 Å². The molecule has 0 aliphatic heterocycles. The minimum atomic E-state index is -0.873. The molecule has 1 saturated carbocycles. The first-order valence-electron chi connectivity index (χ1n) is 4.52. The molecule has 0 spiro atoms. The van der Waals surface area contributed by atoms with Crippen molar-refractivity contribution in [2.24, 2.45) is 5.92 Å². The standard InChI is InChI=1S/C9H16FI/c1-2-3-8-4-6-9(10,11)7-5-8/h8H,2-7H2,1H3. The Morgan fingerprint density at radius 3 is 2.45 bits per heavy atom. The van der Waals surface area contributed by atoms with Crippen LogP contribution >= 0.6 is 22.6 Å². The van der Waals surface area contributed by atoms with Crippen LogP contribution in [-0.2, 0) is 0 Å². The van der Waals surface area contributed by atoms with Crippen LogP contribution in [0.3, 0.4) is 0 Å². The lowest BCUT2D eigenvalue weighted by molar-refractivity contribution is 0.186. The van der Waals surface area contributed by atoms with Crippen LogP contribution in [-0.4, -0.2) is 3.68 Å². The van der Waals surface area contributed by atoms with Crippen LogP contribution in [0.25, 0.3) is 0 Å². The number of halogens is 2. The zero-order valence-corrected chi connectivity index (χ0v) is 9.23. The Labute approximate surface area is 82.1 Å². The average Bonchev–Trinajstić information content (AvgIpc) is 1.94. The van der Waals surface area contributed by atoms with Crippen LogP contribution in [0, 0.1) is 5.92 Å². The fourth-order valence-corrected chi connectivity index (χ4v) is 2.42. The fourth-order valence-electron chi connectivity index (χ4n) is 1.80. The summed E-state index contributed by atoms with van der Waals surface area (Å²) in [6.45, 7) is 2.21. The van der Waals surface area contributed by atoms with Crippen LogP contribution in [0.5, 0.6) is 0 Å². The Kier molecular flexibility index (Phi) is 3.59. The summed E-state index contributed by atoms with van der Waals surface area (Å²) in [6, 6.07) is 0. The van der Waals surface area contributed by atoms with E-state index in [0.717, 1.165) is 31.6 Å². The molecule has 0 unspecified atom stereocenters. The van der Waals surface area contributed by atoms with Crippen molar-refractivity contribution in [3.05, 3.63) is 0 Å². The third-order valence-electron chi connectivity index (χ3n) is 2.53. The maximum absolute atomic E-state index is 13.3. The molecule has 0 heterocycles. The number of rotatable bonds is 2. The second-order valence-electron chi connectivity index (χ2n) is 3.59. The molecule has 66 valence electrons. The molecular formula is C9H16FI. The molecule has 11 heavy (non-hydrogen) atoms. The van der Waals surface area contributed by atoms with Gasteiger partial charge < -0.3 is 0 Å². The van der Waals surface area contributed by atoms with Crippen molar-refractivity contribution in [1.29, 1.82) is 0 Å². The summed E-state index contributed by atoms with van der Waals surface area (Å²) >= 11 is 1.96. The summed E-state index contributed by atoms with van der Waals surface area (Å²) < 4.78 is 12.4. The lowest BCUT2D eigenvalue weighted by Gasteiger charge is -2.29. The Balaban J connectivity index is 2.25. The van der Waals surface area contributed by atoms with Crippen molar-refractivity contribution >= 4 is 22.6 Å². The van der Waals surface area contributed by atoms with E-state index in [-0.39, 0.29) is 0 Å². The second kappa shape index (κ2) is 4.06. The van der Waals surface area contributed by atoms with E-state index in [1.807, 2.05) is 22.6 Å². The highest BCUT2D eigenvalue weighted by Crippen LogP contribution is 2.41. The molecule has 0 radical (unpaired) electrons. The van der Waals surface area contributed by atoms with Crippen molar-refractivity contribution in [3.63, 3.8) is 0 Å². The van der Waals surface area contributed by atoms with Crippen LogP contribution in [0.1, 0.15) is 45.4 Å². The molecule has 0 amide bonds. The lowest BCUT2D eigenvalue weighted by Crippen LogP contribution is -2.22. The molecule has 0 nitrogen and oxygen atoms in total. The maximum Gasteiger partial charge on any atom is 0.161 e. The van der Waals surface area contributed by atoms with Gasteiger partial charge in [0.1, 0.15) is 0 Å². The monoisotopic (exact) mass is 270 g/mol. The van der Waals surface area contributed by atoms with Gasteiger partial charge in [0.2, 0.25) is 0 Å². The molecular weight excluding hydrogens is 254 g/mol. The van der Waals surface area contributed by atoms with Crippen molar-refractivity contribution in [2.75, 3.05) is 0 Å². The van der Waals surface area contributed by atoms with Gasteiger partial charge in [-0.1, -0.05) is 19.8 Å². The van der Waals surface area contributed by atoms with Crippen LogP contribution in [0.4, 0.5) is 4.39 Å². The second-order valence-corrected chi connectivity index (χ2v) is 5.52. The fraction of sp³-hybridized carbons (Fsp3) is 1.00. The zero-order chi connectivity index (χ0) is 8.32. The summed E-state index contributed by atoms with van der Waals surface area (Å²) in [5.74, 6) is 0.818. The van der Waals surface area contributed by atoms with Crippen LogP contribution in [0.2, 0.25) is 0 Å². The van der Waals surface area contributed by atoms with Crippen molar-refractivity contribution in [1.82, 2.24) is 0 Å². The van der Waals surface area contributed by atoms with E-state index >= 15 is 0 Å². The first kappa shape index (κ1) is 9.75. The summed E-state index contributed by atoms with van der Waals surface area (Å²) in [6.07, 6.45) is 6.31. The summed E-state index contributed by atoms with van der Waals surface area (Å²) in [7, 11) is 0. The molecule has 1 rings (SSSR count). The number of hydrogen-bond acceptors (Lipinski definition) is 0. The molecule has 2 heteroatoms. The van der Waals surface area contributed by atoms with Gasteiger partial charge in [0, 0.05) is 0 Å². The molecule has 0 aromatic rings. The van der Waals surface area contributed by atoms with Crippen LogP contribution in [0.15, 0.2) is 0 Å². The summed E-state index contributed by atoms with van der Waals surface area (Å²) in [5, 5.41) is 0. The topological polar surface area (TPSA) is 0 Å².